The Bertz CT molecular complexity index is 667. The number of anilines is 1. The molecule has 1 aromatic heterocycles. The minimum absolute atomic E-state index is 0.402. The van der Waals surface area contributed by atoms with E-state index in [0.717, 1.165) is 14.6 Å². The number of ether oxygens (including phenoxy) is 1. The fourth-order valence-corrected chi connectivity index (χ4v) is 2.61. The molecule has 0 radical (unpaired) electrons. The lowest BCUT2D eigenvalue weighted by atomic mass is 10.1. The molecule has 4 nitrogen and oxygen atoms in total. The van der Waals surface area contributed by atoms with Crippen LogP contribution in [-0.4, -0.2) is 18.1 Å². The summed E-state index contributed by atoms with van der Waals surface area (Å²) in [4.78, 5) is 16.1. The highest BCUT2D eigenvalue weighted by Gasteiger charge is 2.22. The zero-order valence-corrected chi connectivity index (χ0v) is 14.9. The van der Waals surface area contributed by atoms with Crippen LogP contribution in [0.25, 0.3) is 0 Å². The quantitative estimate of drug-likeness (QED) is 0.716. The number of carbonyl (C=O) groups excluding carboxylic acids is 1. The average Bonchev–Trinajstić information content (AvgIpc) is 2.47. The summed E-state index contributed by atoms with van der Waals surface area (Å²) in [5.74, 6) is -0.402. The van der Waals surface area contributed by atoms with Gasteiger partial charge in [-0.05, 0) is 56.1 Å². The largest absolute Gasteiger partial charge is 0.467 e. The molecule has 1 N–H and O–H groups in total. The van der Waals surface area contributed by atoms with Crippen LogP contribution in [0.5, 0.6) is 0 Å². The van der Waals surface area contributed by atoms with Gasteiger partial charge in [-0.25, -0.2) is 4.79 Å². The Kier molecular flexibility index (Phi) is 5.61. The van der Waals surface area contributed by atoms with E-state index in [4.69, 9.17) is 16.3 Å². The summed E-state index contributed by atoms with van der Waals surface area (Å²) in [5.41, 5.74) is 1.43. The maximum absolute atomic E-state index is 12.0. The van der Waals surface area contributed by atoms with Gasteiger partial charge in [-0.3, -0.25) is 4.98 Å². The first-order chi connectivity index (χ1) is 10.0. The van der Waals surface area contributed by atoms with Gasteiger partial charge in [0.2, 0.25) is 0 Å². The maximum Gasteiger partial charge on any atom is 0.333 e. The second-order valence-corrected chi connectivity index (χ2v) is 6.34. The number of nitrogens with one attached hydrogen (secondary N) is 1. The van der Waals surface area contributed by atoms with Crippen LogP contribution in [0.15, 0.2) is 45.6 Å². The zero-order chi connectivity index (χ0) is 15.4. The first kappa shape index (κ1) is 16.3. The van der Waals surface area contributed by atoms with E-state index < -0.39 is 12.0 Å². The van der Waals surface area contributed by atoms with Gasteiger partial charge in [0.15, 0.2) is 6.04 Å². The highest BCUT2D eigenvalue weighted by molar-refractivity contribution is 9.10. The number of hydrogen-bond acceptors (Lipinski definition) is 4. The number of nitrogens with zero attached hydrogens (tertiary/aromatic N) is 1. The first-order valence-electron chi connectivity index (χ1n) is 5.91. The number of carbonyl (C=O) groups is 1. The molecule has 0 aliphatic carbocycles. The average molecular weight is 435 g/mol. The lowest BCUT2D eigenvalue weighted by Gasteiger charge is -2.18. The molecule has 0 amide bonds. The number of hydrogen-bond donors (Lipinski definition) is 1. The lowest BCUT2D eigenvalue weighted by molar-refractivity contribution is -0.141. The molecular weight excluding hydrogens is 423 g/mol. The SMILES string of the molecule is COC(=O)C(Nc1ccc(Cl)c(Br)c1)c1cncc(Br)c1. The number of methoxy groups -OCH3 is 1. The predicted octanol–water partition coefficient (Wildman–Crippen LogP) is 4.59. The van der Waals surface area contributed by atoms with Crippen LogP contribution in [-0.2, 0) is 9.53 Å². The molecule has 0 saturated carbocycles. The molecule has 110 valence electrons. The Balaban J connectivity index is 2.32. The van der Waals surface area contributed by atoms with Gasteiger partial charge in [0.1, 0.15) is 0 Å². The van der Waals surface area contributed by atoms with E-state index in [1.807, 2.05) is 6.07 Å². The standard InChI is InChI=1S/C14H11Br2ClN2O2/c1-21-14(20)13(8-4-9(15)7-18-6-8)19-10-2-3-12(17)11(16)5-10/h2-7,13,19H,1H3. The molecular formula is C14H11Br2ClN2O2. The molecule has 2 rings (SSSR count). The van der Waals surface area contributed by atoms with Crippen LogP contribution < -0.4 is 5.32 Å². The highest BCUT2D eigenvalue weighted by Crippen LogP contribution is 2.28. The molecule has 0 fully saturated rings. The third-order valence-electron chi connectivity index (χ3n) is 2.73. The molecule has 2 aromatic rings. The minimum Gasteiger partial charge on any atom is -0.467 e. The van der Waals surface area contributed by atoms with Crippen molar-refractivity contribution in [1.29, 1.82) is 0 Å². The van der Waals surface area contributed by atoms with Crippen molar-refractivity contribution in [1.82, 2.24) is 4.98 Å². The Morgan fingerprint density at radius 3 is 2.71 bits per heavy atom. The third kappa shape index (κ3) is 4.18. The number of rotatable bonds is 4. The van der Waals surface area contributed by atoms with Gasteiger partial charge in [0.05, 0.1) is 12.1 Å². The Hall–Kier alpha value is -1.11. The van der Waals surface area contributed by atoms with Gasteiger partial charge in [-0.15, -0.1) is 0 Å². The number of esters is 1. The van der Waals surface area contributed by atoms with E-state index in [9.17, 15) is 4.79 Å². The summed E-state index contributed by atoms with van der Waals surface area (Å²) in [5, 5.41) is 3.71. The molecule has 1 heterocycles. The highest BCUT2D eigenvalue weighted by atomic mass is 79.9. The summed E-state index contributed by atoms with van der Waals surface area (Å²) in [7, 11) is 1.35. The predicted molar refractivity (Wildman–Crippen MR) is 89.5 cm³/mol. The molecule has 1 aromatic carbocycles. The summed E-state index contributed by atoms with van der Waals surface area (Å²) >= 11 is 12.7. The number of benzene rings is 1. The van der Waals surface area contributed by atoms with Crippen molar-refractivity contribution < 1.29 is 9.53 Å². The van der Waals surface area contributed by atoms with Crippen molar-refractivity contribution in [2.75, 3.05) is 12.4 Å². The zero-order valence-electron chi connectivity index (χ0n) is 10.9. The lowest BCUT2D eigenvalue weighted by Crippen LogP contribution is -2.22. The number of halogens is 3. The number of pyridine rings is 1. The van der Waals surface area contributed by atoms with Gasteiger partial charge in [-0.2, -0.15) is 0 Å². The van der Waals surface area contributed by atoms with Crippen LogP contribution in [0.2, 0.25) is 5.02 Å². The van der Waals surface area contributed by atoms with Crippen molar-refractivity contribution in [3.05, 3.63) is 56.2 Å². The first-order valence-corrected chi connectivity index (χ1v) is 7.87. The van der Waals surface area contributed by atoms with Crippen molar-refractivity contribution in [3.63, 3.8) is 0 Å². The van der Waals surface area contributed by atoms with E-state index in [1.54, 1.807) is 30.6 Å². The van der Waals surface area contributed by atoms with Crippen molar-refractivity contribution in [2.45, 2.75) is 6.04 Å². The monoisotopic (exact) mass is 432 g/mol. The fraction of sp³-hybridized carbons (Fsp3) is 0.143. The van der Waals surface area contributed by atoms with Gasteiger partial charge >= 0.3 is 5.97 Å². The van der Waals surface area contributed by atoms with Crippen molar-refractivity contribution >= 4 is 55.1 Å². The summed E-state index contributed by atoms with van der Waals surface area (Å²) in [6.45, 7) is 0. The third-order valence-corrected chi connectivity index (χ3v) is 4.37. The Labute approximate surface area is 144 Å². The van der Waals surface area contributed by atoms with Crippen LogP contribution in [0.3, 0.4) is 0 Å². The second kappa shape index (κ2) is 7.24. The Morgan fingerprint density at radius 1 is 1.33 bits per heavy atom. The van der Waals surface area contributed by atoms with Crippen LogP contribution in [0.4, 0.5) is 5.69 Å². The summed E-state index contributed by atoms with van der Waals surface area (Å²) in [6.07, 6.45) is 3.26. The van der Waals surface area contributed by atoms with Gasteiger partial charge in [0.25, 0.3) is 0 Å². The van der Waals surface area contributed by atoms with E-state index in [1.165, 1.54) is 7.11 Å². The molecule has 7 heteroatoms. The molecule has 0 saturated heterocycles. The molecule has 0 aliphatic rings. The molecule has 0 aliphatic heterocycles. The summed E-state index contributed by atoms with van der Waals surface area (Å²) < 4.78 is 6.38. The fourth-order valence-electron chi connectivity index (χ4n) is 1.73. The van der Waals surface area contributed by atoms with E-state index in [-0.39, 0.29) is 0 Å². The van der Waals surface area contributed by atoms with E-state index in [0.29, 0.717) is 10.6 Å². The molecule has 0 spiro atoms. The second-order valence-electron chi connectivity index (χ2n) is 4.17. The minimum atomic E-state index is -0.659. The van der Waals surface area contributed by atoms with E-state index >= 15 is 0 Å². The van der Waals surface area contributed by atoms with Crippen molar-refractivity contribution in [3.8, 4) is 0 Å². The van der Waals surface area contributed by atoms with E-state index in [2.05, 4.69) is 42.2 Å². The van der Waals surface area contributed by atoms with Gasteiger partial charge < -0.3 is 10.1 Å². The smallest absolute Gasteiger partial charge is 0.333 e. The maximum atomic E-state index is 12.0. The molecule has 1 unspecified atom stereocenters. The summed E-state index contributed by atoms with van der Waals surface area (Å²) in [6, 6.07) is 6.47. The molecule has 21 heavy (non-hydrogen) atoms. The number of aromatic nitrogens is 1. The van der Waals surface area contributed by atoms with Crippen molar-refractivity contribution in [2.24, 2.45) is 0 Å². The molecule has 1 atom stereocenters. The Morgan fingerprint density at radius 2 is 2.10 bits per heavy atom. The topological polar surface area (TPSA) is 51.2 Å². The van der Waals surface area contributed by atoms with Crippen LogP contribution >= 0.6 is 43.5 Å². The normalized spacial score (nSPS) is 11.8. The van der Waals surface area contributed by atoms with Gasteiger partial charge in [0, 0.05) is 32.6 Å². The van der Waals surface area contributed by atoms with Crippen LogP contribution in [0.1, 0.15) is 11.6 Å². The molecule has 0 bridgehead atoms. The van der Waals surface area contributed by atoms with Gasteiger partial charge in [-0.1, -0.05) is 11.6 Å². The van der Waals surface area contributed by atoms with Crippen LogP contribution in [0, 0.1) is 0 Å².